The fourth-order valence-electron chi connectivity index (χ4n) is 2.87. The molecular formula is C17H23N3O4. The number of hydrogen-bond donors (Lipinski definition) is 4. The van der Waals surface area contributed by atoms with Crippen LogP contribution in [0.1, 0.15) is 38.2 Å². The molecule has 0 atom stereocenters. The largest absolute Gasteiger partial charge is 0.481 e. The number of rotatable bonds is 5. The highest BCUT2D eigenvalue weighted by molar-refractivity contribution is 5.88. The van der Waals surface area contributed by atoms with Crippen LogP contribution < -0.4 is 16.0 Å². The van der Waals surface area contributed by atoms with Crippen LogP contribution in [-0.2, 0) is 16.1 Å². The number of carboxylic acid groups (broad SMARTS) is 1. The van der Waals surface area contributed by atoms with E-state index in [4.69, 9.17) is 5.11 Å². The normalized spacial score (nSPS) is 20.0. The molecule has 0 radical (unpaired) electrons. The second-order valence-electron chi connectivity index (χ2n) is 6.10. The maximum absolute atomic E-state index is 12.0. The lowest BCUT2D eigenvalue weighted by Crippen LogP contribution is -2.43. The van der Waals surface area contributed by atoms with Gasteiger partial charge in [-0.05, 0) is 43.4 Å². The van der Waals surface area contributed by atoms with Gasteiger partial charge in [0.15, 0.2) is 0 Å². The third kappa shape index (κ3) is 5.57. The number of amides is 3. The van der Waals surface area contributed by atoms with Crippen LogP contribution in [0.4, 0.5) is 10.5 Å². The van der Waals surface area contributed by atoms with E-state index in [1.54, 1.807) is 12.1 Å². The number of carboxylic acids is 1. The van der Waals surface area contributed by atoms with Crippen LogP contribution in [0.25, 0.3) is 0 Å². The molecule has 0 unspecified atom stereocenters. The Morgan fingerprint density at radius 1 is 1.17 bits per heavy atom. The predicted octanol–water partition coefficient (Wildman–Crippen LogP) is 2.09. The summed E-state index contributed by atoms with van der Waals surface area (Å²) >= 11 is 0. The van der Waals surface area contributed by atoms with Crippen molar-refractivity contribution in [1.29, 1.82) is 0 Å². The zero-order chi connectivity index (χ0) is 17.5. The van der Waals surface area contributed by atoms with E-state index in [0.29, 0.717) is 37.9 Å². The number of carbonyl (C=O) groups is 3. The maximum Gasteiger partial charge on any atom is 0.315 e. The van der Waals surface area contributed by atoms with Crippen molar-refractivity contribution in [2.75, 3.05) is 5.32 Å². The molecule has 1 aromatic rings. The first kappa shape index (κ1) is 17.8. The molecule has 24 heavy (non-hydrogen) atoms. The van der Waals surface area contributed by atoms with Gasteiger partial charge in [0.05, 0.1) is 5.92 Å². The molecule has 0 heterocycles. The van der Waals surface area contributed by atoms with Crippen LogP contribution in [0.5, 0.6) is 0 Å². The fourth-order valence-corrected chi connectivity index (χ4v) is 2.87. The first-order valence-electron chi connectivity index (χ1n) is 8.07. The number of hydrogen-bond acceptors (Lipinski definition) is 3. The van der Waals surface area contributed by atoms with Crippen molar-refractivity contribution in [1.82, 2.24) is 10.6 Å². The molecular weight excluding hydrogens is 310 g/mol. The summed E-state index contributed by atoms with van der Waals surface area (Å²) in [7, 11) is 0. The van der Waals surface area contributed by atoms with E-state index in [1.807, 2.05) is 12.1 Å². The molecule has 0 bridgehead atoms. The molecule has 1 fully saturated rings. The third-order valence-corrected chi connectivity index (χ3v) is 4.11. The number of nitrogens with one attached hydrogen (secondary N) is 3. The quantitative estimate of drug-likeness (QED) is 0.661. The van der Waals surface area contributed by atoms with E-state index in [1.165, 1.54) is 6.92 Å². The van der Waals surface area contributed by atoms with Crippen molar-refractivity contribution in [2.24, 2.45) is 5.92 Å². The molecule has 2 rings (SSSR count). The van der Waals surface area contributed by atoms with Gasteiger partial charge in [-0.1, -0.05) is 12.1 Å². The Balaban J connectivity index is 1.75. The lowest BCUT2D eigenvalue weighted by Gasteiger charge is -2.26. The van der Waals surface area contributed by atoms with Crippen molar-refractivity contribution in [2.45, 2.75) is 45.2 Å². The number of aliphatic carboxylic acids is 1. The molecule has 130 valence electrons. The van der Waals surface area contributed by atoms with Crippen molar-refractivity contribution in [3.05, 3.63) is 29.8 Å². The molecule has 0 aliphatic heterocycles. The number of benzene rings is 1. The molecule has 1 aromatic carbocycles. The Kier molecular flexibility index (Phi) is 6.17. The molecule has 0 aromatic heterocycles. The monoisotopic (exact) mass is 333 g/mol. The van der Waals surface area contributed by atoms with Crippen molar-refractivity contribution < 1.29 is 19.5 Å². The van der Waals surface area contributed by atoms with Gasteiger partial charge >= 0.3 is 12.0 Å². The molecule has 0 saturated heterocycles. The molecule has 1 aliphatic rings. The minimum absolute atomic E-state index is 0.0197. The minimum atomic E-state index is -0.753. The van der Waals surface area contributed by atoms with Crippen LogP contribution in [0.3, 0.4) is 0 Å². The molecule has 0 spiro atoms. The Labute approximate surface area is 140 Å². The van der Waals surface area contributed by atoms with Crippen molar-refractivity contribution >= 4 is 23.6 Å². The van der Waals surface area contributed by atoms with E-state index in [0.717, 1.165) is 5.56 Å². The van der Waals surface area contributed by atoms with E-state index in [2.05, 4.69) is 16.0 Å². The van der Waals surface area contributed by atoms with Crippen molar-refractivity contribution in [3.63, 3.8) is 0 Å². The van der Waals surface area contributed by atoms with Gasteiger partial charge in [0.2, 0.25) is 5.91 Å². The number of anilines is 1. The van der Waals surface area contributed by atoms with Gasteiger partial charge in [-0.25, -0.2) is 4.79 Å². The SMILES string of the molecule is CC(=O)Nc1cccc(CNC(=O)NC2CCC(C(=O)O)CC2)c1. The zero-order valence-electron chi connectivity index (χ0n) is 13.7. The summed E-state index contributed by atoms with van der Waals surface area (Å²) in [5.41, 5.74) is 1.57. The molecule has 1 aliphatic carbocycles. The van der Waals surface area contributed by atoms with Crippen LogP contribution in [0.2, 0.25) is 0 Å². The summed E-state index contributed by atoms with van der Waals surface area (Å²) < 4.78 is 0. The van der Waals surface area contributed by atoms with Crippen LogP contribution >= 0.6 is 0 Å². The Hall–Kier alpha value is -2.57. The summed E-state index contributed by atoms with van der Waals surface area (Å²) in [6.07, 6.45) is 2.56. The lowest BCUT2D eigenvalue weighted by molar-refractivity contribution is -0.142. The first-order chi connectivity index (χ1) is 11.4. The van der Waals surface area contributed by atoms with Gasteiger partial charge in [0, 0.05) is 25.2 Å². The average molecular weight is 333 g/mol. The Morgan fingerprint density at radius 2 is 1.88 bits per heavy atom. The van der Waals surface area contributed by atoms with E-state index < -0.39 is 5.97 Å². The second kappa shape index (κ2) is 8.33. The molecule has 7 heteroatoms. The van der Waals surface area contributed by atoms with Crippen LogP contribution in [0, 0.1) is 5.92 Å². The molecule has 7 nitrogen and oxygen atoms in total. The third-order valence-electron chi connectivity index (χ3n) is 4.11. The van der Waals surface area contributed by atoms with E-state index >= 15 is 0 Å². The summed E-state index contributed by atoms with van der Waals surface area (Å²) in [6, 6.07) is 7.02. The summed E-state index contributed by atoms with van der Waals surface area (Å²) in [5.74, 6) is -1.19. The maximum atomic E-state index is 12.0. The van der Waals surface area contributed by atoms with Crippen LogP contribution in [-0.4, -0.2) is 29.1 Å². The first-order valence-corrected chi connectivity index (χ1v) is 8.07. The topological polar surface area (TPSA) is 108 Å². The van der Waals surface area contributed by atoms with E-state index in [9.17, 15) is 14.4 Å². The number of carbonyl (C=O) groups excluding carboxylic acids is 2. The fraction of sp³-hybridized carbons (Fsp3) is 0.471. The lowest BCUT2D eigenvalue weighted by atomic mass is 9.86. The minimum Gasteiger partial charge on any atom is -0.481 e. The number of urea groups is 1. The smallest absolute Gasteiger partial charge is 0.315 e. The Morgan fingerprint density at radius 3 is 2.50 bits per heavy atom. The van der Waals surface area contributed by atoms with Gasteiger partial charge < -0.3 is 21.1 Å². The summed E-state index contributed by atoms with van der Waals surface area (Å²) in [5, 5.41) is 17.3. The van der Waals surface area contributed by atoms with Gasteiger partial charge in [-0.2, -0.15) is 0 Å². The summed E-state index contributed by atoms with van der Waals surface area (Å²) in [6.45, 7) is 1.79. The highest BCUT2D eigenvalue weighted by Crippen LogP contribution is 2.24. The highest BCUT2D eigenvalue weighted by Gasteiger charge is 2.26. The van der Waals surface area contributed by atoms with Gasteiger partial charge in [0.25, 0.3) is 0 Å². The average Bonchev–Trinajstić information content (AvgIpc) is 2.53. The van der Waals surface area contributed by atoms with Crippen molar-refractivity contribution in [3.8, 4) is 0 Å². The summed E-state index contributed by atoms with van der Waals surface area (Å²) in [4.78, 5) is 33.9. The molecule has 4 N–H and O–H groups in total. The Bertz CT molecular complexity index is 610. The van der Waals surface area contributed by atoms with Gasteiger partial charge in [0.1, 0.15) is 0 Å². The van der Waals surface area contributed by atoms with Gasteiger partial charge in [-0.15, -0.1) is 0 Å². The second-order valence-corrected chi connectivity index (χ2v) is 6.10. The zero-order valence-corrected chi connectivity index (χ0v) is 13.7. The molecule has 1 saturated carbocycles. The van der Waals surface area contributed by atoms with Crippen LogP contribution in [0.15, 0.2) is 24.3 Å². The standard InChI is InChI=1S/C17H23N3O4/c1-11(21)19-15-4-2-3-12(9-15)10-18-17(24)20-14-7-5-13(6-8-14)16(22)23/h2-4,9,13-14H,5-8,10H2,1H3,(H,19,21)(H,22,23)(H2,18,20,24). The van der Waals surface area contributed by atoms with Gasteiger partial charge in [-0.3, -0.25) is 9.59 Å². The predicted molar refractivity (Wildman–Crippen MR) is 89.5 cm³/mol. The highest BCUT2D eigenvalue weighted by atomic mass is 16.4. The molecule has 3 amide bonds. The van der Waals surface area contributed by atoms with E-state index in [-0.39, 0.29) is 23.9 Å².